The van der Waals surface area contributed by atoms with Gasteiger partial charge < -0.3 is 4.90 Å². The lowest BCUT2D eigenvalue weighted by Gasteiger charge is -2.33. The second-order valence-electron chi connectivity index (χ2n) is 7.12. The molecule has 1 aliphatic heterocycles. The van der Waals surface area contributed by atoms with Crippen LogP contribution in [-0.4, -0.2) is 43.2 Å². The number of carbonyl (C=O) groups excluding carboxylic acids is 1. The SMILES string of the molecule is Cc1ccncc1C(=O)N1CCC(n2c(C3CC3)nn(C)c2=O)CC1. The van der Waals surface area contributed by atoms with Gasteiger partial charge in [-0.15, -0.1) is 0 Å². The molecule has 7 heteroatoms. The number of hydrogen-bond donors (Lipinski definition) is 0. The average molecular weight is 341 g/mol. The summed E-state index contributed by atoms with van der Waals surface area (Å²) in [6.45, 7) is 3.24. The molecule has 0 N–H and O–H groups in total. The van der Waals surface area contributed by atoms with Gasteiger partial charge >= 0.3 is 5.69 Å². The summed E-state index contributed by atoms with van der Waals surface area (Å²) in [6.07, 6.45) is 7.15. The van der Waals surface area contributed by atoms with Gasteiger partial charge in [0.15, 0.2) is 0 Å². The fourth-order valence-electron chi connectivity index (χ4n) is 3.65. The first kappa shape index (κ1) is 16.1. The van der Waals surface area contributed by atoms with E-state index in [-0.39, 0.29) is 17.6 Å². The third-order valence-electron chi connectivity index (χ3n) is 5.31. The maximum absolute atomic E-state index is 12.7. The highest BCUT2D eigenvalue weighted by Crippen LogP contribution is 2.40. The number of aryl methyl sites for hydroxylation is 2. The van der Waals surface area contributed by atoms with Gasteiger partial charge in [-0.1, -0.05) is 0 Å². The summed E-state index contributed by atoms with van der Waals surface area (Å²) in [5, 5.41) is 4.44. The van der Waals surface area contributed by atoms with Gasteiger partial charge in [-0.2, -0.15) is 5.10 Å². The van der Waals surface area contributed by atoms with Gasteiger partial charge in [0.1, 0.15) is 5.82 Å². The van der Waals surface area contributed by atoms with Crippen molar-refractivity contribution in [3.63, 3.8) is 0 Å². The van der Waals surface area contributed by atoms with Gasteiger partial charge in [-0.3, -0.25) is 14.3 Å². The van der Waals surface area contributed by atoms with Crippen molar-refractivity contribution in [3.8, 4) is 0 Å². The van der Waals surface area contributed by atoms with E-state index in [1.807, 2.05) is 22.5 Å². The fourth-order valence-corrected chi connectivity index (χ4v) is 3.65. The molecule has 1 saturated carbocycles. The van der Waals surface area contributed by atoms with Crippen molar-refractivity contribution in [2.24, 2.45) is 7.05 Å². The topological polar surface area (TPSA) is 73.0 Å². The third-order valence-corrected chi connectivity index (χ3v) is 5.31. The van der Waals surface area contributed by atoms with E-state index in [2.05, 4.69) is 10.1 Å². The van der Waals surface area contributed by atoms with Crippen molar-refractivity contribution in [2.45, 2.75) is 44.6 Å². The largest absolute Gasteiger partial charge is 0.345 e. The average Bonchev–Trinajstić information content (AvgIpc) is 3.42. The normalized spacial score (nSPS) is 18.6. The van der Waals surface area contributed by atoms with Crippen molar-refractivity contribution in [1.29, 1.82) is 0 Å². The molecule has 2 aromatic heterocycles. The van der Waals surface area contributed by atoms with E-state index in [0.29, 0.717) is 24.6 Å². The van der Waals surface area contributed by atoms with Crippen LogP contribution in [0.4, 0.5) is 0 Å². The molecule has 1 aliphatic carbocycles. The number of amides is 1. The molecule has 2 aromatic rings. The van der Waals surface area contributed by atoms with Gasteiger partial charge in [0.2, 0.25) is 0 Å². The number of nitrogens with zero attached hydrogens (tertiary/aromatic N) is 5. The van der Waals surface area contributed by atoms with Crippen molar-refractivity contribution in [1.82, 2.24) is 24.2 Å². The smallest absolute Gasteiger partial charge is 0.338 e. The Balaban J connectivity index is 1.50. The molecular weight excluding hydrogens is 318 g/mol. The summed E-state index contributed by atoms with van der Waals surface area (Å²) in [5.74, 6) is 1.40. The van der Waals surface area contributed by atoms with Crippen LogP contribution in [0.25, 0.3) is 0 Å². The molecule has 2 aliphatic rings. The van der Waals surface area contributed by atoms with Gasteiger partial charge in [0.25, 0.3) is 5.91 Å². The zero-order valence-corrected chi connectivity index (χ0v) is 14.7. The quantitative estimate of drug-likeness (QED) is 0.851. The van der Waals surface area contributed by atoms with Crippen LogP contribution >= 0.6 is 0 Å². The van der Waals surface area contributed by atoms with Gasteiger partial charge in [0.05, 0.1) is 5.56 Å². The highest BCUT2D eigenvalue weighted by atomic mass is 16.2. The van der Waals surface area contributed by atoms with E-state index >= 15 is 0 Å². The monoisotopic (exact) mass is 341 g/mol. The predicted molar refractivity (Wildman–Crippen MR) is 92.6 cm³/mol. The van der Waals surface area contributed by atoms with E-state index in [1.165, 1.54) is 4.68 Å². The Morgan fingerprint density at radius 3 is 2.56 bits per heavy atom. The first-order valence-electron chi connectivity index (χ1n) is 8.91. The Labute approximate surface area is 146 Å². The highest BCUT2D eigenvalue weighted by Gasteiger charge is 2.34. The molecule has 0 atom stereocenters. The first-order chi connectivity index (χ1) is 12.1. The van der Waals surface area contributed by atoms with Gasteiger partial charge in [-0.25, -0.2) is 9.48 Å². The number of rotatable bonds is 3. The number of pyridine rings is 1. The minimum absolute atomic E-state index is 0.0324. The predicted octanol–water partition coefficient (Wildman–Crippen LogP) is 1.64. The molecule has 0 spiro atoms. The van der Waals surface area contributed by atoms with Crippen LogP contribution in [-0.2, 0) is 7.05 Å². The minimum atomic E-state index is -0.0326. The molecule has 3 heterocycles. The Kier molecular flexibility index (Phi) is 3.94. The Morgan fingerprint density at radius 2 is 1.92 bits per heavy atom. The molecule has 132 valence electrons. The Hall–Kier alpha value is -2.44. The van der Waals surface area contributed by atoms with Crippen LogP contribution in [0.5, 0.6) is 0 Å². The molecule has 2 fully saturated rings. The zero-order valence-electron chi connectivity index (χ0n) is 14.7. The summed E-state index contributed by atoms with van der Waals surface area (Å²) in [7, 11) is 1.72. The van der Waals surface area contributed by atoms with Crippen molar-refractivity contribution in [3.05, 3.63) is 45.9 Å². The first-order valence-corrected chi connectivity index (χ1v) is 8.91. The van der Waals surface area contributed by atoms with E-state index < -0.39 is 0 Å². The lowest BCUT2D eigenvalue weighted by molar-refractivity contribution is 0.0691. The number of carbonyl (C=O) groups is 1. The molecule has 0 radical (unpaired) electrons. The van der Waals surface area contributed by atoms with Crippen LogP contribution < -0.4 is 5.69 Å². The summed E-state index contributed by atoms with van der Waals surface area (Å²) in [4.78, 5) is 31.1. The van der Waals surface area contributed by atoms with Gasteiger partial charge in [-0.05, 0) is 44.2 Å². The highest BCUT2D eigenvalue weighted by molar-refractivity contribution is 5.95. The number of likely N-dealkylation sites (tertiary alicyclic amines) is 1. The van der Waals surface area contributed by atoms with Crippen LogP contribution in [0.15, 0.2) is 23.3 Å². The van der Waals surface area contributed by atoms with Crippen LogP contribution in [0, 0.1) is 6.92 Å². The van der Waals surface area contributed by atoms with Crippen molar-refractivity contribution >= 4 is 5.91 Å². The van der Waals surface area contributed by atoms with Crippen LogP contribution in [0.1, 0.15) is 59.4 Å². The minimum Gasteiger partial charge on any atom is -0.338 e. The summed E-state index contributed by atoms with van der Waals surface area (Å²) in [5.41, 5.74) is 1.58. The van der Waals surface area contributed by atoms with E-state index in [4.69, 9.17) is 0 Å². The number of piperidine rings is 1. The molecule has 1 amide bonds. The molecule has 1 saturated heterocycles. The molecular formula is C18H23N5O2. The Bertz CT molecular complexity index is 857. The Morgan fingerprint density at radius 1 is 1.20 bits per heavy atom. The molecule has 4 rings (SSSR count). The summed E-state index contributed by atoms with van der Waals surface area (Å²) >= 11 is 0. The van der Waals surface area contributed by atoms with E-state index in [0.717, 1.165) is 37.1 Å². The van der Waals surface area contributed by atoms with Gasteiger partial charge in [0, 0.05) is 44.5 Å². The molecule has 25 heavy (non-hydrogen) atoms. The molecule has 7 nitrogen and oxygen atoms in total. The maximum atomic E-state index is 12.7. The lowest BCUT2D eigenvalue weighted by Crippen LogP contribution is -2.41. The second kappa shape index (κ2) is 6.13. The van der Waals surface area contributed by atoms with E-state index in [9.17, 15) is 9.59 Å². The fraction of sp³-hybridized carbons (Fsp3) is 0.556. The standard InChI is InChI=1S/C18H23N5O2/c1-12-5-8-19-11-15(12)17(24)22-9-6-14(7-10-22)23-16(13-3-4-13)20-21(2)18(23)25/h5,8,11,13-14H,3-4,6-7,9-10H2,1-2H3. The zero-order chi connectivity index (χ0) is 17.6. The second-order valence-corrected chi connectivity index (χ2v) is 7.12. The van der Waals surface area contributed by atoms with Crippen LogP contribution in [0.2, 0.25) is 0 Å². The maximum Gasteiger partial charge on any atom is 0.345 e. The number of aromatic nitrogens is 4. The third kappa shape index (κ3) is 2.88. The molecule has 0 aromatic carbocycles. The molecule has 0 unspecified atom stereocenters. The van der Waals surface area contributed by atoms with Crippen LogP contribution in [0.3, 0.4) is 0 Å². The summed E-state index contributed by atoms with van der Waals surface area (Å²) < 4.78 is 3.33. The van der Waals surface area contributed by atoms with Crippen molar-refractivity contribution in [2.75, 3.05) is 13.1 Å². The summed E-state index contributed by atoms with van der Waals surface area (Å²) in [6, 6.07) is 1.99. The van der Waals surface area contributed by atoms with Crippen molar-refractivity contribution < 1.29 is 4.79 Å². The van der Waals surface area contributed by atoms with E-state index in [1.54, 1.807) is 19.4 Å². The number of hydrogen-bond acceptors (Lipinski definition) is 4. The lowest BCUT2D eigenvalue weighted by atomic mass is 10.0. The molecule has 0 bridgehead atoms.